The standard InChI is InChI=1S/C6H16N2O3/c1-2-3-4-7(9)5-6-8(10)11/h9-11H,2-6H2,1H3. The molecule has 0 aromatic heterocycles. The van der Waals surface area contributed by atoms with E-state index in [4.69, 9.17) is 15.6 Å². The molecule has 0 radical (unpaired) electrons. The van der Waals surface area contributed by atoms with Gasteiger partial charge in [0.15, 0.2) is 0 Å². The van der Waals surface area contributed by atoms with E-state index in [9.17, 15) is 0 Å². The highest BCUT2D eigenvalue weighted by molar-refractivity contribution is 4.44. The molecule has 0 amide bonds. The van der Waals surface area contributed by atoms with Crippen molar-refractivity contribution < 1.29 is 15.6 Å². The van der Waals surface area contributed by atoms with Crippen molar-refractivity contribution >= 4 is 0 Å². The van der Waals surface area contributed by atoms with E-state index in [1.165, 1.54) is 0 Å². The van der Waals surface area contributed by atoms with Crippen molar-refractivity contribution in [3.63, 3.8) is 0 Å². The first-order valence-electron chi connectivity index (χ1n) is 3.76. The van der Waals surface area contributed by atoms with E-state index in [-0.39, 0.29) is 18.3 Å². The maximum Gasteiger partial charge on any atom is 0.0663 e. The van der Waals surface area contributed by atoms with E-state index in [1.807, 2.05) is 6.92 Å². The molecule has 0 rings (SSSR count). The number of unbranched alkanes of at least 4 members (excludes halogenated alkanes) is 1. The fourth-order valence-electron chi connectivity index (χ4n) is 0.657. The molecule has 0 spiro atoms. The fraction of sp³-hybridized carbons (Fsp3) is 1.00. The van der Waals surface area contributed by atoms with E-state index in [0.29, 0.717) is 6.54 Å². The average molecular weight is 164 g/mol. The minimum absolute atomic E-state index is 0.0280. The van der Waals surface area contributed by atoms with Crippen molar-refractivity contribution in [1.29, 1.82) is 0 Å². The van der Waals surface area contributed by atoms with Crippen molar-refractivity contribution in [2.75, 3.05) is 19.6 Å². The van der Waals surface area contributed by atoms with E-state index >= 15 is 0 Å². The van der Waals surface area contributed by atoms with Crippen molar-refractivity contribution in [3.05, 3.63) is 0 Å². The van der Waals surface area contributed by atoms with Crippen LogP contribution in [0.5, 0.6) is 0 Å². The normalized spacial score (nSPS) is 11.5. The first kappa shape index (κ1) is 10.8. The zero-order chi connectivity index (χ0) is 8.69. The van der Waals surface area contributed by atoms with Crippen LogP contribution >= 0.6 is 0 Å². The number of nitrogens with zero attached hydrogens (tertiary/aromatic N) is 2. The van der Waals surface area contributed by atoms with Gasteiger partial charge >= 0.3 is 0 Å². The summed E-state index contributed by atoms with van der Waals surface area (Å²) in [6.45, 7) is 2.87. The van der Waals surface area contributed by atoms with Gasteiger partial charge in [0.25, 0.3) is 0 Å². The van der Waals surface area contributed by atoms with Crippen molar-refractivity contribution in [2.24, 2.45) is 0 Å². The highest BCUT2D eigenvalue weighted by Gasteiger charge is 2.00. The highest BCUT2D eigenvalue weighted by atomic mass is 16.8. The molecule has 11 heavy (non-hydrogen) atoms. The Morgan fingerprint density at radius 3 is 2.09 bits per heavy atom. The van der Waals surface area contributed by atoms with Crippen LogP contribution in [0.3, 0.4) is 0 Å². The molecule has 0 saturated carbocycles. The Hall–Kier alpha value is -0.200. The topological polar surface area (TPSA) is 67.2 Å². The zero-order valence-electron chi connectivity index (χ0n) is 6.77. The predicted octanol–water partition coefficient (Wildman–Crippen LogP) is 0.558. The maximum absolute atomic E-state index is 9.01. The summed E-state index contributed by atoms with van der Waals surface area (Å²) in [6.07, 6.45) is 1.92. The van der Waals surface area contributed by atoms with Gasteiger partial charge in [0, 0.05) is 13.1 Å². The Morgan fingerprint density at radius 2 is 1.64 bits per heavy atom. The fourth-order valence-corrected chi connectivity index (χ4v) is 0.657. The summed E-state index contributed by atoms with van der Waals surface area (Å²) in [5, 5.41) is 26.7. The molecule has 0 aromatic carbocycles. The summed E-state index contributed by atoms with van der Waals surface area (Å²) in [6, 6.07) is 0. The molecule has 5 nitrogen and oxygen atoms in total. The minimum atomic E-state index is 0.0280. The van der Waals surface area contributed by atoms with Gasteiger partial charge in [0.1, 0.15) is 0 Å². The molecule has 0 aliphatic heterocycles. The van der Waals surface area contributed by atoms with Crippen LogP contribution in [0.1, 0.15) is 19.8 Å². The summed E-state index contributed by atoms with van der Waals surface area (Å²) in [7, 11) is 0. The van der Waals surface area contributed by atoms with Gasteiger partial charge in [-0.2, -0.15) is 5.06 Å². The smallest absolute Gasteiger partial charge is 0.0663 e. The van der Waals surface area contributed by atoms with Crippen LogP contribution in [0.15, 0.2) is 0 Å². The second-order valence-electron chi connectivity index (χ2n) is 2.40. The van der Waals surface area contributed by atoms with Crippen LogP contribution in [0.25, 0.3) is 0 Å². The number of hydrogen-bond donors (Lipinski definition) is 3. The zero-order valence-corrected chi connectivity index (χ0v) is 6.77. The van der Waals surface area contributed by atoms with Crippen molar-refractivity contribution in [1.82, 2.24) is 10.3 Å². The van der Waals surface area contributed by atoms with Gasteiger partial charge in [-0.05, 0) is 6.42 Å². The Labute approximate surface area is 66.3 Å². The van der Waals surface area contributed by atoms with Crippen molar-refractivity contribution in [3.8, 4) is 0 Å². The number of hydroxylamine groups is 4. The summed E-state index contributed by atoms with van der Waals surface area (Å²) in [5.74, 6) is 0. The SMILES string of the molecule is CCCCN(O)CCN(O)O. The van der Waals surface area contributed by atoms with Crippen molar-refractivity contribution in [2.45, 2.75) is 19.8 Å². The summed E-state index contributed by atoms with van der Waals surface area (Å²) in [5.41, 5.74) is 0. The van der Waals surface area contributed by atoms with Gasteiger partial charge in [0.05, 0.1) is 6.54 Å². The molecule has 3 N–H and O–H groups in total. The van der Waals surface area contributed by atoms with Gasteiger partial charge in [-0.25, -0.2) is 0 Å². The Kier molecular flexibility index (Phi) is 6.39. The molecule has 0 fully saturated rings. The van der Waals surface area contributed by atoms with Gasteiger partial charge in [-0.15, -0.1) is 0 Å². The third kappa shape index (κ3) is 7.70. The number of rotatable bonds is 6. The third-order valence-electron chi connectivity index (χ3n) is 1.33. The molecule has 5 heteroatoms. The predicted molar refractivity (Wildman–Crippen MR) is 38.5 cm³/mol. The lowest BCUT2D eigenvalue weighted by atomic mass is 10.3. The second kappa shape index (κ2) is 6.51. The lowest BCUT2D eigenvalue weighted by molar-refractivity contribution is -0.312. The maximum atomic E-state index is 9.01. The summed E-state index contributed by atoms with van der Waals surface area (Å²) >= 11 is 0. The van der Waals surface area contributed by atoms with Crippen LogP contribution in [-0.4, -0.2) is 45.5 Å². The largest absolute Gasteiger partial charge is 0.314 e. The first-order valence-corrected chi connectivity index (χ1v) is 3.76. The molecule has 0 saturated heterocycles. The molecule has 68 valence electrons. The molecule has 0 atom stereocenters. The lowest BCUT2D eigenvalue weighted by Crippen LogP contribution is -2.30. The molecule has 0 aliphatic rings. The van der Waals surface area contributed by atoms with E-state index in [2.05, 4.69) is 0 Å². The molecule has 0 aliphatic carbocycles. The average Bonchev–Trinajstić information content (AvgIpc) is 1.97. The summed E-state index contributed by atoms with van der Waals surface area (Å²) < 4.78 is 0. The number of hydrogen-bond acceptors (Lipinski definition) is 5. The van der Waals surface area contributed by atoms with Gasteiger partial charge in [-0.1, -0.05) is 18.6 Å². The second-order valence-corrected chi connectivity index (χ2v) is 2.40. The minimum Gasteiger partial charge on any atom is -0.314 e. The first-order chi connectivity index (χ1) is 5.16. The van der Waals surface area contributed by atoms with E-state index < -0.39 is 0 Å². The van der Waals surface area contributed by atoms with E-state index in [1.54, 1.807) is 0 Å². The Morgan fingerprint density at radius 1 is 1.00 bits per heavy atom. The Balaban J connectivity index is 3.15. The molecule has 0 bridgehead atoms. The molecular formula is C6H16N2O3. The molecular weight excluding hydrogens is 148 g/mol. The van der Waals surface area contributed by atoms with E-state index in [0.717, 1.165) is 17.9 Å². The van der Waals surface area contributed by atoms with Gasteiger partial charge < -0.3 is 5.21 Å². The third-order valence-corrected chi connectivity index (χ3v) is 1.33. The van der Waals surface area contributed by atoms with Crippen LogP contribution in [-0.2, 0) is 0 Å². The van der Waals surface area contributed by atoms with Crippen LogP contribution in [0.2, 0.25) is 0 Å². The highest BCUT2D eigenvalue weighted by Crippen LogP contribution is 1.90. The lowest BCUT2D eigenvalue weighted by Gasteiger charge is -2.14. The molecule has 0 unspecified atom stereocenters. The van der Waals surface area contributed by atoms with Crippen LogP contribution in [0, 0.1) is 0 Å². The summed E-state index contributed by atoms with van der Waals surface area (Å²) in [4.78, 5) is 0. The van der Waals surface area contributed by atoms with Gasteiger partial charge in [0.2, 0.25) is 0 Å². The monoisotopic (exact) mass is 164 g/mol. The van der Waals surface area contributed by atoms with Gasteiger partial charge in [-0.3, -0.25) is 10.4 Å². The molecule has 0 aromatic rings. The molecule has 0 heterocycles. The Bertz CT molecular complexity index is 89.9. The van der Waals surface area contributed by atoms with Crippen LogP contribution < -0.4 is 0 Å². The van der Waals surface area contributed by atoms with Crippen LogP contribution in [0.4, 0.5) is 0 Å². The quantitative estimate of drug-likeness (QED) is 0.500.